The van der Waals surface area contributed by atoms with Crippen LogP contribution >= 0.6 is 0 Å². The maximum atomic E-state index is 11.7. The molecule has 0 fully saturated rings. The lowest BCUT2D eigenvalue weighted by Gasteiger charge is -2.01. The van der Waals surface area contributed by atoms with Gasteiger partial charge in [0.25, 0.3) is 0 Å². The van der Waals surface area contributed by atoms with E-state index in [-0.39, 0.29) is 11.4 Å². The van der Waals surface area contributed by atoms with Crippen molar-refractivity contribution in [3.63, 3.8) is 0 Å². The first-order valence-electron chi connectivity index (χ1n) is 4.21. The van der Waals surface area contributed by atoms with E-state index in [0.717, 1.165) is 0 Å². The third-order valence-corrected chi connectivity index (χ3v) is 1.84. The summed E-state index contributed by atoms with van der Waals surface area (Å²) < 4.78 is 0. The molecule has 0 radical (unpaired) electrons. The Hall–Kier alpha value is -2.17. The normalized spacial score (nSPS) is 12.6. The van der Waals surface area contributed by atoms with Gasteiger partial charge in [-0.3, -0.25) is 4.79 Å². The molecule has 0 atom stereocenters. The van der Waals surface area contributed by atoms with Gasteiger partial charge in [0.05, 0.1) is 0 Å². The SMILES string of the molecule is CC(=N\O)/C(=N\O)C(=O)c1ccccc1. The van der Waals surface area contributed by atoms with E-state index in [2.05, 4.69) is 10.3 Å². The summed E-state index contributed by atoms with van der Waals surface area (Å²) >= 11 is 0. The summed E-state index contributed by atoms with van der Waals surface area (Å²) in [5.74, 6) is -0.492. The second-order valence-electron chi connectivity index (χ2n) is 2.83. The summed E-state index contributed by atoms with van der Waals surface area (Å²) in [6, 6.07) is 8.30. The van der Waals surface area contributed by atoms with Gasteiger partial charge in [-0.15, -0.1) is 0 Å². The highest BCUT2D eigenvalue weighted by atomic mass is 16.4. The molecule has 0 saturated carbocycles. The number of ketones is 1. The lowest BCUT2D eigenvalue weighted by Crippen LogP contribution is -2.22. The third kappa shape index (κ3) is 2.40. The molecule has 1 rings (SSSR count). The van der Waals surface area contributed by atoms with Gasteiger partial charge in [0.2, 0.25) is 5.78 Å². The highest BCUT2D eigenvalue weighted by molar-refractivity contribution is 6.69. The van der Waals surface area contributed by atoms with Gasteiger partial charge in [-0.05, 0) is 6.92 Å². The quantitative estimate of drug-likeness (QED) is 0.340. The van der Waals surface area contributed by atoms with Crippen LogP contribution in [0.4, 0.5) is 0 Å². The van der Waals surface area contributed by atoms with Crippen molar-refractivity contribution in [1.29, 1.82) is 0 Å². The number of hydrogen-bond acceptors (Lipinski definition) is 5. The fourth-order valence-electron chi connectivity index (χ4n) is 1.06. The molecule has 1 aromatic carbocycles. The van der Waals surface area contributed by atoms with E-state index in [4.69, 9.17) is 10.4 Å². The molecule has 0 bridgehead atoms. The predicted octanol–water partition coefficient (Wildman–Crippen LogP) is 1.55. The van der Waals surface area contributed by atoms with Crippen LogP contribution in [0.15, 0.2) is 40.6 Å². The Balaban J connectivity index is 3.05. The largest absolute Gasteiger partial charge is 0.411 e. The zero-order chi connectivity index (χ0) is 11.3. The molecule has 5 nitrogen and oxygen atoms in total. The summed E-state index contributed by atoms with van der Waals surface area (Å²) in [5, 5.41) is 22.7. The number of rotatable bonds is 3. The van der Waals surface area contributed by atoms with Gasteiger partial charge >= 0.3 is 0 Å². The molecular formula is C10H10N2O3. The zero-order valence-electron chi connectivity index (χ0n) is 8.08. The number of oxime groups is 2. The van der Waals surface area contributed by atoms with Crippen molar-refractivity contribution < 1.29 is 15.2 Å². The number of Topliss-reactive ketones (excluding diaryl/α,β-unsaturated/α-hetero) is 1. The third-order valence-electron chi connectivity index (χ3n) is 1.84. The summed E-state index contributed by atoms with van der Waals surface area (Å²) in [6.45, 7) is 1.37. The topological polar surface area (TPSA) is 82.2 Å². The Labute approximate surface area is 86.3 Å². The molecule has 2 N–H and O–H groups in total. The summed E-state index contributed by atoms with van der Waals surface area (Å²) in [7, 11) is 0. The Bertz CT molecular complexity index is 410. The van der Waals surface area contributed by atoms with E-state index in [1.165, 1.54) is 6.92 Å². The Kier molecular flexibility index (Phi) is 3.56. The fraction of sp³-hybridized carbons (Fsp3) is 0.100. The maximum absolute atomic E-state index is 11.7. The van der Waals surface area contributed by atoms with E-state index in [0.29, 0.717) is 5.56 Å². The van der Waals surface area contributed by atoms with Crippen molar-refractivity contribution in [2.75, 3.05) is 0 Å². The Morgan fingerprint density at radius 1 is 1.13 bits per heavy atom. The molecule has 0 saturated heterocycles. The van der Waals surface area contributed by atoms with Gasteiger partial charge < -0.3 is 10.4 Å². The van der Waals surface area contributed by atoms with Crippen molar-refractivity contribution >= 4 is 17.2 Å². The summed E-state index contributed by atoms with van der Waals surface area (Å²) in [6.07, 6.45) is 0. The molecule has 0 aliphatic heterocycles. The predicted molar refractivity (Wildman–Crippen MR) is 54.9 cm³/mol. The average Bonchev–Trinajstić information content (AvgIpc) is 2.30. The Morgan fingerprint density at radius 3 is 2.20 bits per heavy atom. The first kappa shape index (κ1) is 10.9. The monoisotopic (exact) mass is 206 g/mol. The average molecular weight is 206 g/mol. The molecule has 0 amide bonds. The van der Waals surface area contributed by atoms with Crippen LogP contribution in [0, 0.1) is 0 Å². The second kappa shape index (κ2) is 4.90. The first-order valence-corrected chi connectivity index (χ1v) is 4.21. The Morgan fingerprint density at radius 2 is 1.73 bits per heavy atom. The lowest BCUT2D eigenvalue weighted by atomic mass is 10.0. The minimum absolute atomic E-state index is 0.0358. The molecule has 5 heteroatoms. The van der Waals surface area contributed by atoms with Crippen molar-refractivity contribution in [3.05, 3.63) is 35.9 Å². The molecule has 0 unspecified atom stereocenters. The molecule has 0 aliphatic carbocycles. The number of hydrogen-bond donors (Lipinski definition) is 2. The molecular weight excluding hydrogens is 196 g/mol. The minimum atomic E-state index is -0.492. The van der Waals surface area contributed by atoms with Crippen molar-refractivity contribution in [2.45, 2.75) is 6.92 Å². The summed E-state index contributed by atoms with van der Waals surface area (Å²) in [5.41, 5.74) is 0.0587. The van der Waals surface area contributed by atoms with Gasteiger partial charge in [0.1, 0.15) is 5.71 Å². The molecule has 1 aromatic rings. The van der Waals surface area contributed by atoms with Gasteiger partial charge in [0, 0.05) is 5.56 Å². The van der Waals surface area contributed by atoms with Crippen molar-refractivity contribution in [3.8, 4) is 0 Å². The van der Waals surface area contributed by atoms with Crippen LogP contribution in [0.2, 0.25) is 0 Å². The maximum Gasteiger partial charge on any atom is 0.216 e. The zero-order valence-corrected chi connectivity index (χ0v) is 8.08. The highest BCUT2D eigenvalue weighted by Gasteiger charge is 2.17. The van der Waals surface area contributed by atoms with Crippen LogP contribution < -0.4 is 0 Å². The molecule has 0 aromatic heterocycles. The first-order chi connectivity index (χ1) is 7.20. The van der Waals surface area contributed by atoms with E-state index in [9.17, 15) is 4.79 Å². The van der Waals surface area contributed by atoms with Crippen LogP contribution in [0.3, 0.4) is 0 Å². The van der Waals surface area contributed by atoms with Crippen LogP contribution in [-0.4, -0.2) is 27.6 Å². The van der Waals surface area contributed by atoms with Gasteiger partial charge in [0.15, 0.2) is 5.71 Å². The standard InChI is InChI=1S/C10H10N2O3/c1-7(11-14)9(12-15)10(13)8-5-3-2-4-6-8/h2-6,14-15H,1H3/b11-7+,12-9+. The molecule has 15 heavy (non-hydrogen) atoms. The molecule has 0 heterocycles. The van der Waals surface area contributed by atoms with E-state index in [1.54, 1.807) is 30.3 Å². The number of carbonyl (C=O) groups excluding carboxylic acids is 1. The van der Waals surface area contributed by atoms with Crippen LogP contribution in [0.5, 0.6) is 0 Å². The number of nitrogens with zero attached hydrogens (tertiary/aromatic N) is 2. The minimum Gasteiger partial charge on any atom is -0.411 e. The molecule has 0 spiro atoms. The van der Waals surface area contributed by atoms with E-state index in [1.807, 2.05) is 0 Å². The van der Waals surface area contributed by atoms with Gasteiger partial charge in [-0.2, -0.15) is 0 Å². The van der Waals surface area contributed by atoms with Gasteiger partial charge in [-0.1, -0.05) is 40.6 Å². The number of benzene rings is 1. The van der Waals surface area contributed by atoms with Crippen LogP contribution in [0.25, 0.3) is 0 Å². The fourth-order valence-corrected chi connectivity index (χ4v) is 1.06. The van der Waals surface area contributed by atoms with E-state index >= 15 is 0 Å². The molecule has 78 valence electrons. The van der Waals surface area contributed by atoms with E-state index < -0.39 is 5.78 Å². The van der Waals surface area contributed by atoms with Gasteiger partial charge in [-0.25, -0.2) is 0 Å². The summed E-state index contributed by atoms with van der Waals surface area (Å²) in [4.78, 5) is 11.7. The smallest absolute Gasteiger partial charge is 0.216 e. The number of carbonyl (C=O) groups is 1. The van der Waals surface area contributed by atoms with Crippen molar-refractivity contribution in [2.24, 2.45) is 10.3 Å². The second-order valence-corrected chi connectivity index (χ2v) is 2.83. The highest BCUT2D eigenvalue weighted by Crippen LogP contribution is 2.02. The van der Waals surface area contributed by atoms with Crippen molar-refractivity contribution in [1.82, 2.24) is 0 Å². The van der Waals surface area contributed by atoms with Crippen LogP contribution in [0.1, 0.15) is 17.3 Å². The van der Waals surface area contributed by atoms with Crippen LogP contribution in [-0.2, 0) is 0 Å². The lowest BCUT2D eigenvalue weighted by molar-refractivity contribution is 0.106. The molecule has 0 aliphatic rings.